The van der Waals surface area contributed by atoms with E-state index < -0.39 is 30.3 Å². The van der Waals surface area contributed by atoms with Crippen molar-refractivity contribution in [1.82, 2.24) is 79.4 Å². The van der Waals surface area contributed by atoms with Gasteiger partial charge >= 0.3 is 13.1 Å². The second-order valence-electron chi connectivity index (χ2n) is 29.5. The molecule has 119 heavy (non-hydrogen) atoms. The molecule has 0 spiro atoms. The highest BCUT2D eigenvalue weighted by molar-refractivity contribution is 9.11. The van der Waals surface area contributed by atoms with E-state index in [1.165, 1.54) is 38.8 Å². The number of aromatic nitrogens is 14. The number of aliphatic carboxylic acids is 1. The van der Waals surface area contributed by atoms with E-state index in [4.69, 9.17) is 31.6 Å². The molecule has 624 valence electrons. The summed E-state index contributed by atoms with van der Waals surface area (Å²) < 4.78 is 18.8. The monoisotopic (exact) mass is 1920 g/mol. The molecule has 2 saturated carbocycles. The number of rotatable bonds is 16. The van der Waals surface area contributed by atoms with E-state index in [0.29, 0.717) is 73.0 Å². The Morgan fingerprint density at radius 3 is 1.37 bits per heavy atom. The first kappa shape index (κ1) is 94.9. The van der Waals surface area contributed by atoms with E-state index in [1.54, 1.807) is 93.9 Å². The molecule has 0 bridgehead atoms. The molecule has 32 nitrogen and oxygen atoms in total. The molecule has 3 aliphatic heterocycles. The van der Waals surface area contributed by atoms with Crippen LogP contribution in [0, 0.1) is 10.8 Å². The predicted octanol–water partition coefficient (Wildman–Crippen LogP) is 10.4. The maximum atomic E-state index is 13.7. The summed E-state index contributed by atoms with van der Waals surface area (Å²) in [6.45, 7) is 17.9. The van der Waals surface area contributed by atoms with Gasteiger partial charge in [-0.2, -0.15) is 28.8 Å². The van der Waals surface area contributed by atoms with E-state index in [2.05, 4.69) is 178 Å². The Hall–Kier alpha value is -9.60. The quantitative estimate of drug-likeness (QED) is 0.0268. The number of amides is 3. The highest BCUT2D eigenvalue weighted by atomic mass is 79.9. The van der Waals surface area contributed by atoms with Crippen LogP contribution in [0.2, 0.25) is 0 Å². The lowest BCUT2D eigenvalue weighted by molar-refractivity contribution is -0.138. The average molecular weight is 1920 g/mol. The zero-order valence-corrected chi connectivity index (χ0v) is 74.9. The number of carbonyl (C=O) groups excluding carboxylic acids is 7. The molecular weight excluding hydrogens is 1840 g/mol. The fourth-order valence-corrected chi connectivity index (χ4v) is 14.5. The molecule has 0 radical (unpaired) electrons. The van der Waals surface area contributed by atoms with Crippen molar-refractivity contribution in [3.05, 3.63) is 159 Å². The Bertz CT molecular complexity index is 5660. The van der Waals surface area contributed by atoms with Crippen molar-refractivity contribution in [3.8, 4) is 22.3 Å². The summed E-state index contributed by atoms with van der Waals surface area (Å²) in [5.41, 5.74) is 22.4. The lowest BCUT2D eigenvalue weighted by Crippen LogP contribution is -2.46. The van der Waals surface area contributed by atoms with Gasteiger partial charge in [0.2, 0.25) is 35.6 Å². The lowest BCUT2D eigenvalue weighted by Gasteiger charge is -2.32. The van der Waals surface area contributed by atoms with Crippen LogP contribution in [0.25, 0.3) is 55.0 Å². The number of hydrogen-bond donors (Lipinski definition) is 7. The molecule has 3 amide bonds. The van der Waals surface area contributed by atoms with Crippen molar-refractivity contribution in [3.63, 3.8) is 0 Å². The number of carboxylic acids is 1. The minimum Gasteiger partial charge on any atom is -0.480 e. The van der Waals surface area contributed by atoms with E-state index in [9.17, 15) is 38.4 Å². The number of nitrogen functional groups attached to an aromatic ring is 3. The largest absolute Gasteiger partial charge is 0.494 e. The summed E-state index contributed by atoms with van der Waals surface area (Å²) in [5, 5.41) is 32.9. The Labute approximate surface area is 739 Å². The number of carbonyl (C=O) groups is 8. The third-order valence-electron chi connectivity index (χ3n) is 20.3. The van der Waals surface area contributed by atoms with Crippen molar-refractivity contribution in [1.29, 1.82) is 0 Å². The van der Waals surface area contributed by atoms with E-state index >= 15 is 0 Å². The van der Waals surface area contributed by atoms with Crippen molar-refractivity contribution in [2.24, 2.45) is 10.8 Å². The van der Waals surface area contributed by atoms with Crippen molar-refractivity contribution in [2.75, 3.05) is 27.8 Å². The van der Waals surface area contributed by atoms with E-state index in [1.807, 2.05) is 76.2 Å². The zero-order valence-electron chi connectivity index (χ0n) is 65.1. The van der Waals surface area contributed by atoms with Gasteiger partial charge in [0.15, 0.2) is 23.1 Å². The van der Waals surface area contributed by atoms with E-state index in [-0.39, 0.29) is 122 Å². The number of carboxylic acid groups (broad SMARTS) is 1. The number of pyridine rings is 2. The van der Waals surface area contributed by atoms with Gasteiger partial charge in [0.1, 0.15) is 57.1 Å². The van der Waals surface area contributed by atoms with E-state index in [0.717, 1.165) is 64.0 Å². The third-order valence-corrected chi connectivity index (χ3v) is 21.6. The van der Waals surface area contributed by atoms with Crippen LogP contribution in [0.4, 0.5) is 29.5 Å². The lowest BCUT2D eigenvalue weighted by atomic mass is 9.78. The highest BCUT2D eigenvalue weighted by Gasteiger charge is 2.64. The molecule has 5 fully saturated rings. The van der Waals surface area contributed by atoms with Gasteiger partial charge in [-0.05, 0) is 190 Å². The van der Waals surface area contributed by atoms with Gasteiger partial charge in [0, 0.05) is 151 Å². The van der Waals surface area contributed by atoms with Crippen LogP contribution in [0.1, 0.15) is 134 Å². The Morgan fingerprint density at radius 1 is 0.555 bits per heavy atom. The number of nitrogens with one attached hydrogen (secondary N) is 3. The molecule has 6 atom stereocenters. The minimum atomic E-state index is -1.03. The molecule has 11 aromatic rings. The van der Waals surface area contributed by atoms with Gasteiger partial charge < -0.3 is 52.5 Å². The number of likely N-dealkylation sites (tertiary alicyclic amines) is 1. The highest BCUT2D eigenvalue weighted by Crippen LogP contribution is 2.59. The molecule has 3 saturated heterocycles. The first-order chi connectivity index (χ1) is 55.4. The zero-order chi connectivity index (χ0) is 85.3. The summed E-state index contributed by atoms with van der Waals surface area (Å²) >= 11 is 25.3. The summed E-state index contributed by atoms with van der Waals surface area (Å²) in [6.07, 6.45) is 13.1. The normalized spacial score (nSPS) is 18.7. The standard InChI is InChI=1S/C27H25BrN8O3.C18H23BN2O4.C15H13N5O3.C12H14BrN3O.C4H4BrN3.CH4.S3.S2.H2S/c1-14(37)24-17-8-15(16-11-30-26(29)31-12-16)6-7-18(17)35(34-24)13-23(38)36-19(9-27(2)10-20(27)36)25(39)33-22-5-3-4-21(28)32-22;1-11(22)10-21-15-8-7-13(9-14(15)16(20-21)12(2)23)19-24-17(3,4)18(5,6)25-19;1-8(21)14-11-4-9(10-5-17-15(16)18-6-10)2-3-12(11)20(19-14)7-13(22)23;1-12-5-7(14-8(12)6-12)11(17)16-10-4-2-3-9(13)15-10;5-3-1-7-4(6)8-2-3;;1-3-2;1-2;/h3-8,11-12,19-20H,9-10,13H2,1-2H3,(H2,29,30,31)(H,32,33,39);7-9H,10H2,1-6H3;2-6H,7H2,1H3,(H,22,23)(H2,16,17,18);2-4,7-8,14H,5-6H2,1H3,(H,15,16,17);1-2H,(H2,6,7,8);1H4;;;1H2/t19-,20+,27-;;;7-,8+,12-;;;;;/m0..0...../s1. The summed E-state index contributed by atoms with van der Waals surface area (Å²) in [4.78, 5) is 131. The van der Waals surface area contributed by atoms with Crippen LogP contribution in [0.5, 0.6) is 0 Å². The van der Waals surface area contributed by atoms with Crippen LogP contribution in [0.15, 0.2) is 142 Å². The fourth-order valence-electron chi connectivity index (χ4n) is 13.6. The maximum absolute atomic E-state index is 13.7. The number of Topliss-reactive ketones (excluding diaryl/α,β-unsaturated/α-hetero) is 4. The second kappa shape index (κ2) is 40.2. The first-order valence-corrected chi connectivity index (χ1v) is 42.3. The van der Waals surface area contributed by atoms with Crippen LogP contribution in [-0.4, -0.2) is 169 Å². The maximum Gasteiger partial charge on any atom is 0.494 e. The van der Waals surface area contributed by atoms with Gasteiger partial charge in [0.25, 0.3) is 0 Å². The number of hydrogen-bond acceptors (Lipinski definition) is 29. The molecule has 2 aliphatic carbocycles. The minimum absolute atomic E-state index is 0. The van der Waals surface area contributed by atoms with Crippen molar-refractivity contribution in [2.45, 2.75) is 157 Å². The molecular formula is C77H85BBr3N21O11S6. The third kappa shape index (κ3) is 23.1. The molecule has 3 aromatic carbocycles. The van der Waals surface area contributed by atoms with Gasteiger partial charge in [-0.25, -0.2) is 39.9 Å². The number of nitrogens with zero attached hydrogens (tertiary/aromatic N) is 15. The predicted molar refractivity (Wildman–Crippen MR) is 483 cm³/mol. The average Bonchev–Trinajstić information content (AvgIpc) is 1.54. The molecule has 5 aliphatic rings. The van der Waals surface area contributed by atoms with Gasteiger partial charge in [-0.1, -0.05) is 57.7 Å². The Kier molecular flexibility index (Phi) is 32.0. The number of nitrogens with two attached hydrogens (primary N) is 3. The van der Waals surface area contributed by atoms with Crippen molar-refractivity contribution < 1.29 is 52.8 Å². The number of anilines is 5. The van der Waals surface area contributed by atoms with Gasteiger partial charge in [-0.3, -0.25) is 52.4 Å². The summed E-state index contributed by atoms with van der Waals surface area (Å²) in [7, 11) is 0.408. The van der Waals surface area contributed by atoms with Crippen LogP contribution in [-0.2, 0) is 107 Å². The topological polar surface area (TPSA) is 449 Å². The number of benzene rings is 3. The van der Waals surface area contributed by atoms with Crippen LogP contribution < -0.4 is 38.6 Å². The van der Waals surface area contributed by atoms with Crippen LogP contribution in [0.3, 0.4) is 0 Å². The first-order valence-electron chi connectivity index (χ1n) is 35.9. The van der Waals surface area contributed by atoms with Crippen LogP contribution >= 0.6 is 61.3 Å². The van der Waals surface area contributed by atoms with Gasteiger partial charge in [0.05, 0.1) is 44.8 Å². The molecule has 0 unspecified atom stereocenters. The number of fused-ring (bicyclic) bond motifs is 5. The van der Waals surface area contributed by atoms with Gasteiger partial charge in [-0.15, -0.1) is 0 Å². The summed E-state index contributed by atoms with van der Waals surface area (Å²) in [5.74, 6) is -0.456. The SMILES string of the molecule is C.CC(=O)Cn1nc(C(C)=O)c2cc(B3OC(C)(C)C(C)(C)O3)ccc21.CC(=O)c1nn(CC(=O)N2[C@H](C(=O)Nc3cccc(Br)n3)C[C@@]3(C)C[C@@H]23)c2ccc(-c3cnc(N)nc3)cc12.CC(=O)c1nn(CC(=O)O)c2ccc(-c3cnc(N)nc3)cc12.C[C@@]12C[C@@H](C(=O)Nc3cccc(Br)n3)N[C@@H]1C2.Nc1ncc(Br)cn1.S.S=S.S=S=S. The molecule has 42 heteroatoms. The molecule has 11 heterocycles. The smallest absolute Gasteiger partial charge is 0.480 e. The number of ketones is 4. The fraction of sp³-hybridized carbons (Fsp3) is 0.338. The molecule has 8 aromatic heterocycles. The van der Waals surface area contributed by atoms with Crippen molar-refractivity contribution >= 4 is 237 Å². The Balaban J connectivity index is 0.000000193. The second-order valence-corrected chi connectivity index (χ2v) is 33.8. The summed E-state index contributed by atoms with van der Waals surface area (Å²) in [6, 6.07) is 27.0. The Morgan fingerprint density at radius 2 is 0.966 bits per heavy atom. The number of piperidine rings is 2. The molecule has 16 rings (SSSR count). The number of halogens is 3. The molecule has 10 N–H and O–H groups in total.